The standard InChI is InChI=1S/C14H15BrFN3O/c1-17-12(13-7-14(20-2)19-8-18-13)5-9-3-10(15)6-11(16)4-9/h3-4,6-8,12,17H,5H2,1-2H3. The summed E-state index contributed by atoms with van der Waals surface area (Å²) in [7, 11) is 3.40. The summed E-state index contributed by atoms with van der Waals surface area (Å²) in [5.74, 6) is 0.250. The van der Waals surface area contributed by atoms with Gasteiger partial charge in [0, 0.05) is 10.5 Å². The number of rotatable bonds is 5. The first-order valence-electron chi connectivity index (χ1n) is 6.10. The summed E-state index contributed by atoms with van der Waals surface area (Å²) >= 11 is 3.30. The van der Waals surface area contributed by atoms with Crippen LogP contribution in [0.4, 0.5) is 4.39 Å². The van der Waals surface area contributed by atoms with Crippen LogP contribution in [0.3, 0.4) is 0 Å². The molecule has 0 bridgehead atoms. The molecule has 4 nitrogen and oxygen atoms in total. The topological polar surface area (TPSA) is 47.0 Å². The van der Waals surface area contributed by atoms with Crippen molar-refractivity contribution in [1.82, 2.24) is 15.3 Å². The van der Waals surface area contributed by atoms with Gasteiger partial charge in [-0.3, -0.25) is 0 Å². The van der Waals surface area contributed by atoms with Gasteiger partial charge in [-0.25, -0.2) is 14.4 Å². The molecule has 1 aromatic heterocycles. The van der Waals surface area contributed by atoms with Crippen molar-refractivity contribution in [3.05, 3.63) is 52.1 Å². The van der Waals surface area contributed by atoms with Crippen molar-refractivity contribution in [3.63, 3.8) is 0 Å². The van der Waals surface area contributed by atoms with Crippen LogP contribution in [0.5, 0.6) is 5.88 Å². The highest BCUT2D eigenvalue weighted by molar-refractivity contribution is 9.10. The number of ether oxygens (including phenoxy) is 1. The second-order valence-electron chi connectivity index (χ2n) is 4.31. The Morgan fingerprint density at radius 2 is 2.10 bits per heavy atom. The SMILES string of the molecule is CNC(Cc1cc(F)cc(Br)c1)c1cc(OC)ncn1. The third kappa shape index (κ3) is 3.74. The molecule has 20 heavy (non-hydrogen) atoms. The zero-order valence-corrected chi connectivity index (χ0v) is 12.8. The van der Waals surface area contributed by atoms with Crippen molar-refractivity contribution in [3.8, 4) is 5.88 Å². The lowest BCUT2D eigenvalue weighted by molar-refractivity contribution is 0.394. The molecule has 0 radical (unpaired) electrons. The third-order valence-electron chi connectivity index (χ3n) is 2.94. The maximum atomic E-state index is 13.4. The number of hydrogen-bond acceptors (Lipinski definition) is 4. The van der Waals surface area contributed by atoms with Crippen LogP contribution in [0.2, 0.25) is 0 Å². The molecule has 0 spiro atoms. The van der Waals surface area contributed by atoms with Gasteiger partial charge in [0.1, 0.15) is 12.1 Å². The van der Waals surface area contributed by atoms with E-state index in [-0.39, 0.29) is 11.9 Å². The predicted octanol–water partition coefficient (Wildman–Crippen LogP) is 2.89. The Balaban J connectivity index is 2.23. The minimum absolute atomic E-state index is 0.0411. The van der Waals surface area contributed by atoms with Crippen LogP contribution in [0.1, 0.15) is 17.3 Å². The average Bonchev–Trinajstić information content (AvgIpc) is 2.44. The van der Waals surface area contributed by atoms with E-state index in [9.17, 15) is 4.39 Å². The van der Waals surface area contributed by atoms with Gasteiger partial charge in [-0.2, -0.15) is 0 Å². The molecule has 1 heterocycles. The highest BCUT2D eigenvalue weighted by atomic mass is 79.9. The van der Waals surface area contributed by atoms with Gasteiger partial charge in [0.05, 0.1) is 18.8 Å². The summed E-state index contributed by atoms with van der Waals surface area (Å²) in [6, 6.07) is 6.58. The summed E-state index contributed by atoms with van der Waals surface area (Å²) in [5, 5.41) is 3.17. The van der Waals surface area contributed by atoms with Crippen LogP contribution in [0.15, 0.2) is 35.1 Å². The normalized spacial score (nSPS) is 12.2. The first-order chi connectivity index (χ1) is 9.62. The van der Waals surface area contributed by atoms with Crippen LogP contribution >= 0.6 is 15.9 Å². The Morgan fingerprint density at radius 3 is 2.75 bits per heavy atom. The number of likely N-dealkylation sites (N-methyl/N-ethyl adjacent to an activating group) is 1. The van der Waals surface area contributed by atoms with Gasteiger partial charge in [0.25, 0.3) is 0 Å². The Labute approximate surface area is 125 Å². The Bertz CT molecular complexity index is 574. The maximum absolute atomic E-state index is 13.4. The van der Waals surface area contributed by atoms with Crippen molar-refractivity contribution in [2.75, 3.05) is 14.2 Å². The van der Waals surface area contributed by atoms with Crippen molar-refractivity contribution >= 4 is 15.9 Å². The van der Waals surface area contributed by atoms with E-state index in [0.29, 0.717) is 12.3 Å². The molecular weight excluding hydrogens is 325 g/mol. The number of nitrogens with one attached hydrogen (secondary N) is 1. The second kappa shape index (κ2) is 6.76. The summed E-state index contributed by atoms with van der Waals surface area (Å²) in [6.07, 6.45) is 2.08. The van der Waals surface area contributed by atoms with Crippen LogP contribution in [-0.2, 0) is 6.42 Å². The van der Waals surface area contributed by atoms with E-state index in [2.05, 4.69) is 31.2 Å². The molecule has 0 amide bonds. The third-order valence-corrected chi connectivity index (χ3v) is 3.40. The van der Waals surface area contributed by atoms with Gasteiger partial charge in [0.15, 0.2) is 0 Å². The number of methoxy groups -OCH3 is 1. The van der Waals surface area contributed by atoms with E-state index in [1.165, 1.54) is 18.5 Å². The fourth-order valence-corrected chi connectivity index (χ4v) is 2.49. The fraction of sp³-hybridized carbons (Fsp3) is 0.286. The van der Waals surface area contributed by atoms with Gasteiger partial charge in [-0.1, -0.05) is 15.9 Å². The Morgan fingerprint density at radius 1 is 1.30 bits per heavy atom. The summed E-state index contributed by atoms with van der Waals surface area (Å²) in [5.41, 5.74) is 1.69. The number of halogens is 2. The van der Waals surface area contributed by atoms with Crippen molar-refractivity contribution in [2.45, 2.75) is 12.5 Å². The zero-order chi connectivity index (χ0) is 14.5. The van der Waals surface area contributed by atoms with Gasteiger partial charge in [-0.05, 0) is 37.2 Å². The summed E-state index contributed by atoms with van der Waals surface area (Å²) in [4.78, 5) is 8.22. The van der Waals surface area contributed by atoms with E-state index >= 15 is 0 Å². The first kappa shape index (κ1) is 14.9. The molecule has 0 aliphatic rings. The lowest BCUT2D eigenvalue weighted by Gasteiger charge is -2.16. The lowest BCUT2D eigenvalue weighted by Crippen LogP contribution is -2.20. The van der Waals surface area contributed by atoms with E-state index in [1.54, 1.807) is 13.2 Å². The summed E-state index contributed by atoms with van der Waals surface area (Å²) < 4.78 is 19.2. The fourth-order valence-electron chi connectivity index (χ4n) is 1.97. The van der Waals surface area contributed by atoms with E-state index < -0.39 is 0 Å². The van der Waals surface area contributed by atoms with Gasteiger partial charge >= 0.3 is 0 Å². The molecule has 2 rings (SSSR count). The van der Waals surface area contributed by atoms with E-state index in [4.69, 9.17) is 4.74 Å². The largest absolute Gasteiger partial charge is 0.481 e. The molecule has 106 valence electrons. The highest BCUT2D eigenvalue weighted by Crippen LogP contribution is 2.22. The van der Waals surface area contributed by atoms with Crippen LogP contribution < -0.4 is 10.1 Å². The summed E-state index contributed by atoms with van der Waals surface area (Å²) in [6.45, 7) is 0. The molecule has 1 unspecified atom stereocenters. The number of hydrogen-bond donors (Lipinski definition) is 1. The molecule has 0 saturated carbocycles. The first-order valence-corrected chi connectivity index (χ1v) is 6.90. The highest BCUT2D eigenvalue weighted by Gasteiger charge is 2.14. The molecule has 1 aromatic carbocycles. The van der Waals surface area contributed by atoms with Crippen molar-refractivity contribution in [2.24, 2.45) is 0 Å². The Hall–Kier alpha value is -1.53. The Kier molecular flexibility index (Phi) is 5.03. The van der Waals surface area contributed by atoms with Crippen molar-refractivity contribution in [1.29, 1.82) is 0 Å². The molecule has 2 aromatic rings. The second-order valence-corrected chi connectivity index (χ2v) is 5.22. The number of aromatic nitrogens is 2. The van der Waals surface area contributed by atoms with Crippen LogP contribution in [0.25, 0.3) is 0 Å². The van der Waals surface area contributed by atoms with Crippen molar-refractivity contribution < 1.29 is 9.13 Å². The predicted molar refractivity (Wildman–Crippen MR) is 78.2 cm³/mol. The monoisotopic (exact) mass is 339 g/mol. The zero-order valence-electron chi connectivity index (χ0n) is 11.2. The molecule has 1 atom stereocenters. The number of nitrogens with zero attached hydrogens (tertiary/aromatic N) is 2. The van der Waals surface area contributed by atoms with Gasteiger partial charge in [-0.15, -0.1) is 0 Å². The quantitative estimate of drug-likeness (QED) is 0.909. The minimum atomic E-state index is -0.260. The molecule has 0 fully saturated rings. The van der Waals surface area contributed by atoms with E-state index in [1.807, 2.05) is 13.1 Å². The van der Waals surface area contributed by atoms with Crippen LogP contribution in [0, 0.1) is 5.82 Å². The van der Waals surface area contributed by atoms with Crippen LogP contribution in [-0.4, -0.2) is 24.1 Å². The molecular formula is C14H15BrFN3O. The van der Waals surface area contributed by atoms with Gasteiger partial charge < -0.3 is 10.1 Å². The lowest BCUT2D eigenvalue weighted by atomic mass is 10.0. The number of benzene rings is 1. The smallest absolute Gasteiger partial charge is 0.216 e. The molecule has 0 saturated heterocycles. The minimum Gasteiger partial charge on any atom is -0.481 e. The molecule has 0 aliphatic heterocycles. The average molecular weight is 340 g/mol. The molecule has 1 N–H and O–H groups in total. The maximum Gasteiger partial charge on any atom is 0.216 e. The molecule has 6 heteroatoms. The molecule has 0 aliphatic carbocycles. The van der Waals surface area contributed by atoms with Gasteiger partial charge in [0.2, 0.25) is 5.88 Å². The van der Waals surface area contributed by atoms with E-state index in [0.717, 1.165) is 15.7 Å².